The predicted octanol–water partition coefficient (Wildman–Crippen LogP) is 3.31. The number of hydrogen-bond donors (Lipinski definition) is 0. The van der Waals surface area contributed by atoms with Gasteiger partial charge in [-0.05, 0) is 29.8 Å². The Labute approximate surface area is 93.5 Å². The minimum atomic E-state index is 0.506. The van der Waals surface area contributed by atoms with Crippen LogP contribution in [0.25, 0.3) is 0 Å². The number of halogens is 1. The molecule has 0 unspecified atom stereocenters. The van der Waals surface area contributed by atoms with Crippen LogP contribution in [0.5, 0.6) is 5.75 Å². The molecule has 0 atom stereocenters. The van der Waals surface area contributed by atoms with E-state index in [-0.39, 0.29) is 0 Å². The topological polar surface area (TPSA) is 22.1 Å². The second-order valence-electron chi connectivity index (χ2n) is 3.11. The number of benzene rings is 1. The van der Waals surface area contributed by atoms with E-state index in [2.05, 4.69) is 4.98 Å². The second-order valence-corrected chi connectivity index (χ2v) is 3.54. The zero-order valence-corrected chi connectivity index (χ0v) is 8.82. The van der Waals surface area contributed by atoms with Gasteiger partial charge in [-0.1, -0.05) is 23.7 Å². The van der Waals surface area contributed by atoms with E-state index < -0.39 is 0 Å². The van der Waals surface area contributed by atoms with Crippen molar-refractivity contribution in [3.05, 3.63) is 59.4 Å². The molecule has 0 saturated heterocycles. The van der Waals surface area contributed by atoms with Gasteiger partial charge in [0.1, 0.15) is 12.4 Å². The van der Waals surface area contributed by atoms with Gasteiger partial charge in [-0.2, -0.15) is 0 Å². The molecule has 76 valence electrons. The van der Waals surface area contributed by atoms with Gasteiger partial charge in [0.2, 0.25) is 0 Å². The first-order chi connectivity index (χ1) is 7.34. The smallest absolute Gasteiger partial charge is 0.138 e. The van der Waals surface area contributed by atoms with E-state index in [1.54, 1.807) is 12.4 Å². The van der Waals surface area contributed by atoms with E-state index in [0.29, 0.717) is 6.61 Å². The molecule has 2 nitrogen and oxygen atoms in total. The monoisotopic (exact) mass is 219 g/mol. The summed E-state index contributed by atoms with van der Waals surface area (Å²) in [5.41, 5.74) is 1.05. The third-order valence-electron chi connectivity index (χ3n) is 1.93. The average Bonchev–Trinajstić information content (AvgIpc) is 2.28. The third-order valence-corrected chi connectivity index (χ3v) is 2.16. The fourth-order valence-corrected chi connectivity index (χ4v) is 1.44. The molecule has 0 aliphatic heterocycles. The largest absolute Gasteiger partial charge is 0.487 e. The van der Waals surface area contributed by atoms with Crippen molar-refractivity contribution in [2.75, 3.05) is 0 Å². The van der Waals surface area contributed by atoms with Crippen LogP contribution < -0.4 is 4.74 Å². The lowest BCUT2D eigenvalue weighted by molar-refractivity contribution is 0.305. The number of ether oxygens (including phenoxy) is 1. The van der Waals surface area contributed by atoms with Gasteiger partial charge in [0.15, 0.2) is 0 Å². The van der Waals surface area contributed by atoms with Gasteiger partial charge in [-0.25, -0.2) is 0 Å². The lowest BCUT2D eigenvalue weighted by Gasteiger charge is -2.05. The molecule has 1 aromatic carbocycles. The maximum atomic E-state index is 5.86. The third kappa shape index (κ3) is 2.96. The summed E-state index contributed by atoms with van der Waals surface area (Å²) < 4.78 is 5.53. The highest BCUT2D eigenvalue weighted by molar-refractivity contribution is 6.30. The maximum absolute atomic E-state index is 5.86. The van der Waals surface area contributed by atoms with Gasteiger partial charge in [0.25, 0.3) is 0 Å². The van der Waals surface area contributed by atoms with Crippen molar-refractivity contribution in [3.63, 3.8) is 0 Å². The molecule has 2 aromatic rings. The van der Waals surface area contributed by atoms with Crippen molar-refractivity contribution in [1.82, 2.24) is 4.98 Å². The highest BCUT2D eigenvalue weighted by Crippen LogP contribution is 2.13. The summed E-state index contributed by atoms with van der Waals surface area (Å²) in [6.45, 7) is 0.506. The molecular formula is C12H10ClNO. The Morgan fingerprint density at radius 2 is 2.13 bits per heavy atom. The van der Waals surface area contributed by atoms with Crippen LogP contribution in [0.4, 0.5) is 0 Å². The highest BCUT2D eigenvalue weighted by atomic mass is 35.5. The normalized spacial score (nSPS) is 9.93. The number of hydrogen-bond acceptors (Lipinski definition) is 2. The van der Waals surface area contributed by atoms with Crippen LogP contribution in [0.15, 0.2) is 48.8 Å². The minimum Gasteiger partial charge on any atom is -0.487 e. The molecule has 0 aliphatic carbocycles. The van der Waals surface area contributed by atoms with Crippen molar-refractivity contribution < 1.29 is 4.74 Å². The Bertz CT molecular complexity index is 431. The predicted molar refractivity (Wildman–Crippen MR) is 60.0 cm³/mol. The van der Waals surface area contributed by atoms with Crippen molar-refractivity contribution in [2.24, 2.45) is 0 Å². The summed E-state index contributed by atoms with van der Waals surface area (Å²) in [4.78, 5) is 3.96. The van der Waals surface area contributed by atoms with Crippen molar-refractivity contribution >= 4 is 11.6 Å². The summed E-state index contributed by atoms with van der Waals surface area (Å²) >= 11 is 5.86. The molecule has 0 radical (unpaired) electrons. The van der Waals surface area contributed by atoms with Gasteiger partial charge in [-0.3, -0.25) is 4.98 Å². The number of nitrogens with zero attached hydrogens (tertiary/aromatic N) is 1. The van der Waals surface area contributed by atoms with E-state index in [4.69, 9.17) is 16.3 Å². The summed E-state index contributed by atoms with van der Waals surface area (Å²) in [6, 6.07) is 11.3. The molecule has 0 N–H and O–H groups in total. The summed E-state index contributed by atoms with van der Waals surface area (Å²) in [7, 11) is 0. The number of pyridine rings is 1. The average molecular weight is 220 g/mol. The van der Waals surface area contributed by atoms with Crippen molar-refractivity contribution in [1.29, 1.82) is 0 Å². The molecule has 0 saturated carbocycles. The highest BCUT2D eigenvalue weighted by Gasteiger charge is 1.96. The molecule has 1 heterocycles. The van der Waals surface area contributed by atoms with Crippen LogP contribution in [0.3, 0.4) is 0 Å². The first kappa shape index (κ1) is 9.99. The Hall–Kier alpha value is -1.54. The fourth-order valence-electron chi connectivity index (χ4n) is 1.23. The quantitative estimate of drug-likeness (QED) is 0.790. The van der Waals surface area contributed by atoms with Crippen LogP contribution in [0.1, 0.15) is 5.56 Å². The lowest BCUT2D eigenvalue weighted by Crippen LogP contribution is -1.95. The van der Waals surface area contributed by atoms with Crippen molar-refractivity contribution in [3.8, 4) is 5.75 Å². The molecule has 0 bridgehead atoms. The summed E-state index contributed by atoms with van der Waals surface area (Å²) in [6.07, 6.45) is 3.40. The van der Waals surface area contributed by atoms with Crippen LogP contribution >= 0.6 is 11.6 Å². The van der Waals surface area contributed by atoms with Gasteiger partial charge in [-0.15, -0.1) is 0 Å². The molecular weight excluding hydrogens is 210 g/mol. The summed E-state index contributed by atoms with van der Waals surface area (Å²) in [5.74, 6) is 0.762. The lowest BCUT2D eigenvalue weighted by atomic mass is 10.2. The van der Waals surface area contributed by atoms with Crippen LogP contribution in [0, 0.1) is 0 Å². The second kappa shape index (κ2) is 4.80. The minimum absolute atomic E-state index is 0.506. The van der Waals surface area contributed by atoms with Crippen LogP contribution in [0.2, 0.25) is 5.02 Å². The zero-order valence-electron chi connectivity index (χ0n) is 8.06. The van der Waals surface area contributed by atoms with Gasteiger partial charge in [0, 0.05) is 11.2 Å². The zero-order chi connectivity index (χ0) is 10.5. The van der Waals surface area contributed by atoms with Crippen LogP contribution in [-0.4, -0.2) is 4.98 Å². The first-order valence-electron chi connectivity index (χ1n) is 4.62. The number of aromatic nitrogens is 1. The Morgan fingerprint density at radius 3 is 2.87 bits per heavy atom. The van der Waals surface area contributed by atoms with Gasteiger partial charge < -0.3 is 4.74 Å². The Morgan fingerprint density at radius 1 is 1.20 bits per heavy atom. The molecule has 1 aromatic heterocycles. The van der Waals surface area contributed by atoms with Crippen molar-refractivity contribution in [2.45, 2.75) is 6.61 Å². The van der Waals surface area contributed by atoms with Gasteiger partial charge in [0.05, 0.1) is 6.20 Å². The SMILES string of the molecule is Clc1cccc(COc2cccnc2)c1. The Balaban J connectivity index is 1.99. The maximum Gasteiger partial charge on any atom is 0.138 e. The summed E-state index contributed by atoms with van der Waals surface area (Å²) in [5, 5.41) is 0.724. The number of rotatable bonds is 3. The first-order valence-corrected chi connectivity index (χ1v) is 5.00. The molecule has 0 amide bonds. The molecule has 15 heavy (non-hydrogen) atoms. The fraction of sp³-hybridized carbons (Fsp3) is 0.0833. The van der Waals surface area contributed by atoms with E-state index in [0.717, 1.165) is 16.3 Å². The molecule has 3 heteroatoms. The molecule has 0 aliphatic rings. The standard InChI is InChI=1S/C12H10ClNO/c13-11-4-1-3-10(7-11)9-15-12-5-2-6-14-8-12/h1-8H,9H2. The van der Waals surface area contributed by atoms with Crippen LogP contribution in [-0.2, 0) is 6.61 Å². The van der Waals surface area contributed by atoms with E-state index >= 15 is 0 Å². The van der Waals surface area contributed by atoms with Gasteiger partial charge >= 0.3 is 0 Å². The molecule has 0 spiro atoms. The van der Waals surface area contributed by atoms with E-state index in [1.165, 1.54) is 0 Å². The molecule has 0 fully saturated rings. The Kier molecular flexibility index (Phi) is 3.20. The van der Waals surface area contributed by atoms with E-state index in [1.807, 2.05) is 36.4 Å². The molecule has 2 rings (SSSR count). The van der Waals surface area contributed by atoms with E-state index in [9.17, 15) is 0 Å².